The van der Waals surface area contributed by atoms with Crippen LogP contribution in [0.25, 0.3) is 6.08 Å². The summed E-state index contributed by atoms with van der Waals surface area (Å²) in [5.74, 6) is 0. The van der Waals surface area contributed by atoms with Crippen molar-refractivity contribution in [3.05, 3.63) is 77.0 Å². The highest BCUT2D eigenvalue weighted by atomic mass is 14.9. The molecule has 2 aliphatic rings. The molecule has 0 amide bonds. The van der Waals surface area contributed by atoms with Crippen LogP contribution in [0.3, 0.4) is 0 Å². The van der Waals surface area contributed by atoms with E-state index in [1.165, 1.54) is 28.7 Å². The fraction of sp³-hybridized carbons (Fsp3) is 0.263. The van der Waals surface area contributed by atoms with Gasteiger partial charge < -0.3 is 11.1 Å². The van der Waals surface area contributed by atoms with Crippen molar-refractivity contribution in [3.63, 3.8) is 0 Å². The van der Waals surface area contributed by atoms with Gasteiger partial charge in [0.15, 0.2) is 0 Å². The molecule has 1 saturated carbocycles. The molecule has 1 unspecified atom stereocenters. The first-order valence-electron chi connectivity index (χ1n) is 7.67. The van der Waals surface area contributed by atoms with E-state index in [1.54, 1.807) is 0 Å². The van der Waals surface area contributed by atoms with Crippen LogP contribution in [0.5, 0.6) is 0 Å². The molecule has 2 aromatic rings. The van der Waals surface area contributed by atoms with Gasteiger partial charge in [0.25, 0.3) is 0 Å². The molecule has 1 fully saturated rings. The maximum atomic E-state index is 6.40. The van der Waals surface area contributed by atoms with Crippen LogP contribution < -0.4 is 11.1 Å². The van der Waals surface area contributed by atoms with Crippen LogP contribution in [0.1, 0.15) is 47.6 Å². The molecular formula is C19H20N2. The largest absolute Gasteiger partial charge is 0.380 e. The monoisotopic (exact) mass is 276 g/mol. The summed E-state index contributed by atoms with van der Waals surface area (Å²) >= 11 is 0. The molecule has 4 rings (SSSR count). The van der Waals surface area contributed by atoms with Gasteiger partial charge in [0.05, 0.1) is 6.04 Å². The third-order valence-corrected chi connectivity index (χ3v) is 4.90. The molecule has 0 saturated heterocycles. The van der Waals surface area contributed by atoms with Crippen molar-refractivity contribution < 1.29 is 0 Å². The van der Waals surface area contributed by atoms with E-state index in [9.17, 15) is 0 Å². The Morgan fingerprint density at radius 3 is 2.48 bits per heavy atom. The number of hydrogen-bond donors (Lipinski definition) is 2. The summed E-state index contributed by atoms with van der Waals surface area (Å²) in [4.78, 5) is 0. The van der Waals surface area contributed by atoms with Gasteiger partial charge in [-0.1, -0.05) is 48.5 Å². The van der Waals surface area contributed by atoms with E-state index in [-0.39, 0.29) is 11.6 Å². The summed E-state index contributed by atoms with van der Waals surface area (Å²) in [7, 11) is 0. The molecule has 2 aromatic carbocycles. The molecule has 1 heterocycles. The molecule has 106 valence electrons. The summed E-state index contributed by atoms with van der Waals surface area (Å²) in [6.45, 7) is 0. The van der Waals surface area contributed by atoms with Crippen LogP contribution in [-0.2, 0) is 5.54 Å². The highest BCUT2D eigenvalue weighted by Gasteiger charge is 2.34. The van der Waals surface area contributed by atoms with Crippen LogP contribution in [0.15, 0.2) is 54.7 Å². The van der Waals surface area contributed by atoms with Crippen LogP contribution in [0, 0.1) is 0 Å². The highest BCUT2D eigenvalue weighted by Crippen LogP contribution is 2.39. The van der Waals surface area contributed by atoms with E-state index >= 15 is 0 Å². The topological polar surface area (TPSA) is 38.0 Å². The number of fused-ring (bicyclic) bond motifs is 1. The fourth-order valence-corrected chi connectivity index (χ4v) is 3.38. The molecular weight excluding hydrogens is 256 g/mol. The summed E-state index contributed by atoms with van der Waals surface area (Å²) < 4.78 is 0. The van der Waals surface area contributed by atoms with E-state index < -0.39 is 0 Å². The number of benzene rings is 2. The Labute approximate surface area is 125 Å². The van der Waals surface area contributed by atoms with Gasteiger partial charge in [0.2, 0.25) is 0 Å². The lowest BCUT2D eigenvalue weighted by atomic mass is 9.72. The molecule has 3 N–H and O–H groups in total. The van der Waals surface area contributed by atoms with Crippen LogP contribution in [-0.4, -0.2) is 0 Å². The van der Waals surface area contributed by atoms with Gasteiger partial charge in [-0.05, 0) is 53.8 Å². The van der Waals surface area contributed by atoms with Gasteiger partial charge in [-0.25, -0.2) is 0 Å². The van der Waals surface area contributed by atoms with Crippen molar-refractivity contribution >= 4 is 6.08 Å². The minimum absolute atomic E-state index is 0.0731. The number of rotatable bonds is 2. The van der Waals surface area contributed by atoms with Crippen molar-refractivity contribution in [3.8, 4) is 0 Å². The molecule has 0 aromatic heterocycles. The van der Waals surface area contributed by atoms with Crippen LogP contribution in [0.4, 0.5) is 0 Å². The van der Waals surface area contributed by atoms with E-state index in [2.05, 4.69) is 59.9 Å². The normalized spacial score (nSPS) is 22.0. The quantitative estimate of drug-likeness (QED) is 0.878. The SMILES string of the molecule is NC1(c2ccc(C3NC=Cc4ccccc43)cc2)CCC1. The fourth-order valence-electron chi connectivity index (χ4n) is 3.38. The van der Waals surface area contributed by atoms with Gasteiger partial charge in [-0.3, -0.25) is 0 Å². The zero-order chi connectivity index (χ0) is 14.3. The van der Waals surface area contributed by atoms with Gasteiger partial charge in [0.1, 0.15) is 0 Å². The first-order valence-corrected chi connectivity index (χ1v) is 7.67. The Morgan fingerprint density at radius 1 is 1.00 bits per heavy atom. The van der Waals surface area contributed by atoms with Crippen LogP contribution >= 0.6 is 0 Å². The Bertz CT molecular complexity index is 681. The zero-order valence-electron chi connectivity index (χ0n) is 12.0. The molecule has 2 heteroatoms. The van der Waals surface area contributed by atoms with Gasteiger partial charge >= 0.3 is 0 Å². The minimum atomic E-state index is -0.0731. The summed E-state index contributed by atoms with van der Waals surface area (Å²) in [6, 6.07) is 17.6. The Balaban J connectivity index is 1.67. The van der Waals surface area contributed by atoms with Crippen molar-refractivity contribution in [1.29, 1.82) is 0 Å². The lowest BCUT2D eigenvalue weighted by molar-refractivity contribution is 0.253. The molecule has 0 spiro atoms. The minimum Gasteiger partial charge on any atom is -0.380 e. The smallest absolute Gasteiger partial charge is 0.0768 e. The molecule has 1 aliphatic heterocycles. The Morgan fingerprint density at radius 2 is 1.76 bits per heavy atom. The Kier molecular flexibility index (Phi) is 2.86. The lowest BCUT2D eigenvalue weighted by Gasteiger charge is -2.38. The molecule has 0 radical (unpaired) electrons. The van der Waals surface area contributed by atoms with Crippen molar-refractivity contribution in [2.24, 2.45) is 5.73 Å². The number of hydrogen-bond acceptors (Lipinski definition) is 2. The third-order valence-electron chi connectivity index (χ3n) is 4.90. The maximum Gasteiger partial charge on any atom is 0.0768 e. The van der Waals surface area contributed by atoms with Crippen LogP contribution in [0.2, 0.25) is 0 Å². The standard InChI is InChI=1S/C19H20N2/c20-19(11-3-12-19)16-8-6-15(7-9-16)18-17-5-2-1-4-14(17)10-13-21-18/h1-2,4-10,13,18,21H,3,11-12,20H2. The first kappa shape index (κ1) is 12.7. The average molecular weight is 276 g/mol. The predicted molar refractivity (Wildman–Crippen MR) is 86.6 cm³/mol. The summed E-state index contributed by atoms with van der Waals surface area (Å²) in [5, 5.41) is 3.47. The predicted octanol–water partition coefficient (Wildman–Crippen LogP) is 3.69. The molecule has 1 atom stereocenters. The van der Waals surface area contributed by atoms with E-state index in [0.717, 1.165) is 12.8 Å². The maximum absolute atomic E-state index is 6.40. The van der Waals surface area contributed by atoms with Gasteiger partial charge in [-0.15, -0.1) is 0 Å². The van der Waals surface area contributed by atoms with Gasteiger partial charge in [-0.2, -0.15) is 0 Å². The lowest BCUT2D eigenvalue weighted by Crippen LogP contribution is -2.43. The second-order valence-corrected chi connectivity index (χ2v) is 6.19. The van der Waals surface area contributed by atoms with E-state index in [0.29, 0.717) is 0 Å². The van der Waals surface area contributed by atoms with E-state index in [4.69, 9.17) is 5.73 Å². The molecule has 21 heavy (non-hydrogen) atoms. The second kappa shape index (κ2) is 4.74. The zero-order valence-corrected chi connectivity index (χ0v) is 12.0. The average Bonchev–Trinajstić information content (AvgIpc) is 2.52. The third kappa shape index (κ3) is 2.07. The van der Waals surface area contributed by atoms with E-state index in [1.807, 2.05) is 6.20 Å². The summed E-state index contributed by atoms with van der Waals surface area (Å²) in [6.07, 6.45) is 7.64. The number of nitrogens with one attached hydrogen (secondary N) is 1. The molecule has 0 bridgehead atoms. The molecule has 2 nitrogen and oxygen atoms in total. The highest BCUT2D eigenvalue weighted by molar-refractivity contribution is 5.58. The summed E-state index contributed by atoms with van der Waals surface area (Å²) in [5.41, 5.74) is 11.5. The van der Waals surface area contributed by atoms with Crippen molar-refractivity contribution in [1.82, 2.24) is 5.32 Å². The first-order chi connectivity index (χ1) is 10.3. The Hall–Kier alpha value is -2.06. The van der Waals surface area contributed by atoms with Gasteiger partial charge in [0, 0.05) is 5.54 Å². The van der Waals surface area contributed by atoms with Crippen molar-refractivity contribution in [2.45, 2.75) is 30.8 Å². The second-order valence-electron chi connectivity index (χ2n) is 6.19. The van der Waals surface area contributed by atoms with Crippen molar-refractivity contribution in [2.75, 3.05) is 0 Å². The molecule has 1 aliphatic carbocycles. The number of nitrogens with two attached hydrogens (primary N) is 1.